The smallest absolute Gasteiger partial charge is 0.145 e. The van der Waals surface area contributed by atoms with E-state index in [0.29, 0.717) is 11.3 Å². The summed E-state index contributed by atoms with van der Waals surface area (Å²) < 4.78 is 0. The minimum Gasteiger partial charge on any atom is -0.361 e. The third kappa shape index (κ3) is 2.00. The Labute approximate surface area is 103 Å². The number of allylic oxidation sites excluding steroid dienone is 1. The Bertz CT molecular complexity index is 730. The maximum Gasteiger partial charge on any atom is 0.145 e. The van der Waals surface area contributed by atoms with Crippen LogP contribution in [-0.2, 0) is 0 Å². The van der Waals surface area contributed by atoms with Crippen LogP contribution in [0.3, 0.4) is 0 Å². The molecule has 1 aromatic heterocycles. The Kier molecular flexibility index (Phi) is 2.96. The monoisotopic (exact) mass is 233 g/mol. The number of fused-ring (bicyclic) bond motifs is 1. The second kappa shape index (κ2) is 4.74. The molecule has 2 aromatic rings. The van der Waals surface area contributed by atoms with Gasteiger partial charge >= 0.3 is 0 Å². The van der Waals surface area contributed by atoms with Gasteiger partial charge in [0, 0.05) is 29.0 Å². The molecule has 0 saturated carbocycles. The first-order chi connectivity index (χ1) is 8.78. The molecule has 0 aliphatic heterocycles. The van der Waals surface area contributed by atoms with Crippen LogP contribution in [0.15, 0.2) is 36.2 Å². The van der Waals surface area contributed by atoms with Gasteiger partial charge in [-0.05, 0) is 18.2 Å². The first-order valence-electron chi connectivity index (χ1n) is 5.06. The van der Waals surface area contributed by atoms with E-state index in [0.717, 1.165) is 10.9 Å². The third-order valence-corrected chi connectivity index (χ3v) is 2.41. The van der Waals surface area contributed by atoms with Gasteiger partial charge in [0.15, 0.2) is 0 Å². The molecule has 0 radical (unpaired) electrons. The minimum atomic E-state index is -0.0268. The summed E-state index contributed by atoms with van der Waals surface area (Å²) in [6, 6.07) is 10.8. The van der Waals surface area contributed by atoms with Crippen molar-refractivity contribution in [1.82, 2.24) is 4.98 Å². The summed E-state index contributed by atoms with van der Waals surface area (Å²) >= 11 is 0. The summed E-state index contributed by atoms with van der Waals surface area (Å²) in [5.41, 5.74) is 1.96. The maximum atomic E-state index is 8.92. The summed E-state index contributed by atoms with van der Waals surface area (Å²) in [5.74, 6) is 0. The normalized spacial score (nSPS) is 8.94. The van der Waals surface area contributed by atoms with E-state index in [2.05, 4.69) is 16.4 Å². The number of hydrogen-bond donors (Lipinski definition) is 2. The Morgan fingerprint density at radius 1 is 1.22 bits per heavy atom. The van der Waals surface area contributed by atoms with Gasteiger partial charge in [-0.1, -0.05) is 0 Å². The number of nitrogens with zero attached hydrogens (tertiary/aromatic N) is 3. The molecule has 0 unspecified atom stereocenters. The van der Waals surface area contributed by atoms with E-state index < -0.39 is 0 Å². The molecule has 0 fully saturated rings. The molecule has 0 aliphatic rings. The molecule has 1 heterocycles. The highest BCUT2D eigenvalue weighted by atomic mass is 14.8. The van der Waals surface area contributed by atoms with Crippen molar-refractivity contribution in [3.63, 3.8) is 0 Å². The van der Waals surface area contributed by atoms with E-state index in [1.165, 1.54) is 6.20 Å². The summed E-state index contributed by atoms with van der Waals surface area (Å²) in [7, 11) is 0. The molecule has 0 spiro atoms. The van der Waals surface area contributed by atoms with Gasteiger partial charge < -0.3 is 10.3 Å². The minimum absolute atomic E-state index is 0.0268. The number of nitriles is 3. The molecule has 84 valence electrons. The van der Waals surface area contributed by atoms with E-state index >= 15 is 0 Å². The van der Waals surface area contributed by atoms with Crippen molar-refractivity contribution < 1.29 is 0 Å². The van der Waals surface area contributed by atoms with E-state index in [1.807, 2.05) is 6.07 Å². The van der Waals surface area contributed by atoms with Crippen LogP contribution >= 0.6 is 0 Å². The molecule has 2 rings (SSSR count). The molecule has 5 heteroatoms. The quantitative estimate of drug-likeness (QED) is 0.777. The topological polar surface area (TPSA) is 99.2 Å². The van der Waals surface area contributed by atoms with Crippen LogP contribution in [0.2, 0.25) is 0 Å². The van der Waals surface area contributed by atoms with Crippen molar-refractivity contribution in [1.29, 1.82) is 15.8 Å². The van der Waals surface area contributed by atoms with Crippen LogP contribution in [0.1, 0.15) is 5.56 Å². The Balaban J connectivity index is 2.48. The summed E-state index contributed by atoms with van der Waals surface area (Å²) in [6.07, 6.45) is 3.08. The van der Waals surface area contributed by atoms with Crippen molar-refractivity contribution >= 4 is 16.6 Å². The van der Waals surface area contributed by atoms with Crippen LogP contribution in [0.5, 0.6) is 0 Å². The molecule has 18 heavy (non-hydrogen) atoms. The molecule has 5 nitrogen and oxygen atoms in total. The zero-order valence-corrected chi connectivity index (χ0v) is 9.23. The number of rotatable bonds is 2. The number of hydrogen-bond acceptors (Lipinski definition) is 4. The molecule has 0 atom stereocenters. The van der Waals surface area contributed by atoms with Crippen molar-refractivity contribution in [3.05, 3.63) is 41.7 Å². The van der Waals surface area contributed by atoms with Crippen LogP contribution in [0, 0.1) is 34.0 Å². The van der Waals surface area contributed by atoms with Gasteiger partial charge in [-0.25, -0.2) is 0 Å². The van der Waals surface area contributed by atoms with Crippen molar-refractivity contribution in [2.45, 2.75) is 0 Å². The number of aromatic amines is 1. The van der Waals surface area contributed by atoms with Gasteiger partial charge in [0.1, 0.15) is 17.7 Å². The molecule has 0 saturated heterocycles. The lowest BCUT2D eigenvalue weighted by atomic mass is 10.1. The fourth-order valence-electron chi connectivity index (χ4n) is 1.59. The second-order valence-corrected chi connectivity index (χ2v) is 3.50. The fourth-order valence-corrected chi connectivity index (χ4v) is 1.59. The van der Waals surface area contributed by atoms with Crippen molar-refractivity contribution in [2.75, 3.05) is 5.32 Å². The van der Waals surface area contributed by atoms with Gasteiger partial charge in [0.2, 0.25) is 0 Å². The molecule has 0 aliphatic carbocycles. The van der Waals surface area contributed by atoms with Crippen LogP contribution in [0.4, 0.5) is 5.69 Å². The van der Waals surface area contributed by atoms with Gasteiger partial charge in [-0.2, -0.15) is 15.8 Å². The highest BCUT2D eigenvalue weighted by Gasteiger charge is 2.04. The second-order valence-electron chi connectivity index (χ2n) is 3.50. The fraction of sp³-hybridized carbons (Fsp3) is 0. The molecular formula is C13H7N5. The highest BCUT2D eigenvalue weighted by molar-refractivity contribution is 5.93. The number of anilines is 1. The highest BCUT2D eigenvalue weighted by Crippen LogP contribution is 2.24. The summed E-state index contributed by atoms with van der Waals surface area (Å²) in [6.45, 7) is 0. The van der Waals surface area contributed by atoms with E-state index in [-0.39, 0.29) is 5.57 Å². The van der Waals surface area contributed by atoms with Gasteiger partial charge in [0.05, 0.1) is 11.6 Å². The standard InChI is InChI=1S/C13H7N5/c14-5-9-3-12-11(1-2-17-12)13(4-9)18-8-10(6-15)7-16/h1-4,8,17-18H. The van der Waals surface area contributed by atoms with Gasteiger partial charge in [-0.15, -0.1) is 0 Å². The molecule has 0 bridgehead atoms. The Morgan fingerprint density at radius 2 is 2.00 bits per heavy atom. The van der Waals surface area contributed by atoms with Crippen LogP contribution < -0.4 is 5.32 Å². The van der Waals surface area contributed by atoms with Crippen molar-refractivity contribution in [2.24, 2.45) is 0 Å². The lowest BCUT2D eigenvalue weighted by molar-refractivity contribution is 1.44. The number of aromatic nitrogens is 1. The maximum absolute atomic E-state index is 8.92. The Hall–Kier alpha value is -3.23. The SMILES string of the molecule is N#CC(C#N)=CNc1cc(C#N)cc2[nH]ccc12. The molecule has 2 N–H and O–H groups in total. The number of H-pyrrole nitrogens is 1. The van der Waals surface area contributed by atoms with Gasteiger partial charge in [0.25, 0.3) is 0 Å². The molecule has 0 amide bonds. The predicted octanol–water partition coefficient (Wildman–Crippen LogP) is 2.38. The average molecular weight is 233 g/mol. The third-order valence-electron chi connectivity index (χ3n) is 2.41. The average Bonchev–Trinajstić information content (AvgIpc) is 2.87. The van der Waals surface area contributed by atoms with Crippen LogP contribution in [0.25, 0.3) is 10.9 Å². The molecule has 1 aromatic carbocycles. The largest absolute Gasteiger partial charge is 0.361 e. The Morgan fingerprint density at radius 3 is 2.67 bits per heavy atom. The van der Waals surface area contributed by atoms with E-state index in [4.69, 9.17) is 15.8 Å². The first-order valence-corrected chi connectivity index (χ1v) is 5.06. The van der Waals surface area contributed by atoms with Gasteiger partial charge in [-0.3, -0.25) is 0 Å². The van der Waals surface area contributed by atoms with Crippen LogP contribution in [-0.4, -0.2) is 4.98 Å². The van der Waals surface area contributed by atoms with E-state index in [1.54, 1.807) is 30.5 Å². The zero-order chi connectivity index (χ0) is 13.0. The number of nitrogens with one attached hydrogen (secondary N) is 2. The summed E-state index contributed by atoms with van der Waals surface area (Å²) in [5, 5.41) is 30.0. The lowest BCUT2D eigenvalue weighted by Crippen LogP contribution is -1.91. The molecular weight excluding hydrogens is 226 g/mol. The zero-order valence-electron chi connectivity index (χ0n) is 9.23. The first kappa shape index (κ1) is 11.3. The lowest BCUT2D eigenvalue weighted by Gasteiger charge is -2.03. The summed E-state index contributed by atoms with van der Waals surface area (Å²) in [4.78, 5) is 3.01. The predicted molar refractivity (Wildman–Crippen MR) is 65.9 cm³/mol. The van der Waals surface area contributed by atoms with E-state index in [9.17, 15) is 0 Å². The van der Waals surface area contributed by atoms with Crippen molar-refractivity contribution in [3.8, 4) is 18.2 Å². The number of benzene rings is 1.